The Hall–Kier alpha value is -1.84. The number of anilines is 1. The minimum absolute atomic E-state index is 0.0166. The molecule has 4 nitrogen and oxygen atoms in total. The van der Waals surface area contributed by atoms with E-state index >= 15 is 0 Å². The molecule has 1 aliphatic rings. The first-order valence-electron chi connectivity index (χ1n) is 8.02. The highest BCUT2D eigenvalue weighted by Crippen LogP contribution is 2.39. The van der Waals surface area contributed by atoms with E-state index in [0.29, 0.717) is 12.8 Å². The van der Waals surface area contributed by atoms with Gasteiger partial charge in [-0.25, -0.2) is 0 Å². The molecule has 1 atom stereocenters. The maximum Gasteiger partial charge on any atom is 0.310 e. The number of carboxylic acid groups (broad SMARTS) is 1. The summed E-state index contributed by atoms with van der Waals surface area (Å²) in [5, 5.41) is 12.4. The Morgan fingerprint density at radius 1 is 1.36 bits per heavy atom. The van der Waals surface area contributed by atoms with E-state index < -0.39 is 11.9 Å². The van der Waals surface area contributed by atoms with Crippen LogP contribution in [0.3, 0.4) is 0 Å². The molecule has 0 radical (unpaired) electrons. The van der Waals surface area contributed by atoms with Crippen molar-refractivity contribution in [2.75, 3.05) is 5.32 Å². The minimum Gasteiger partial charge on any atom is -0.481 e. The number of rotatable bonds is 6. The number of carbonyl (C=O) groups excluding carboxylic acids is 1. The zero-order valence-electron chi connectivity index (χ0n) is 13.6. The lowest BCUT2D eigenvalue weighted by Gasteiger charge is -2.33. The Labute approximate surface area is 131 Å². The average Bonchev–Trinajstić information content (AvgIpc) is 2.42. The van der Waals surface area contributed by atoms with Gasteiger partial charge in [0, 0.05) is 17.5 Å². The molecule has 0 saturated heterocycles. The number of carboxylic acids is 1. The highest BCUT2D eigenvalue weighted by molar-refractivity contribution is 5.95. The summed E-state index contributed by atoms with van der Waals surface area (Å²) in [5.74, 6) is -1.22. The summed E-state index contributed by atoms with van der Waals surface area (Å²) in [6.07, 6.45) is 4.14. The van der Waals surface area contributed by atoms with Crippen LogP contribution >= 0.6 is 0 Å². The third-order valence-electron chi connectivity index (χ3n) is 4.45. The van der Waals surface area contributed by atoms with Gasteiger partial charge in [0.1, 0.15) is 0 Å². The summed E-state index contributed by atoms with van der Waals surface area (Å²) in [4.78, 5) is 23.3. The highest BCUT2D eigenvalue weighted by Gasteiger charge is 2.33. The van der Waals surface area contributed by atoms with Gasteiger partial charge in [-0.1, -0.05) is 52.2 Å². The van der Waals surface area contributed by atoms with Gasteiger partial charge in [0.05, 0.1) is 5.92 Å². The summed E-state index contributed by atoms with van der Waals surface area (Å²) in [6, 6.07) is 5.66. The number of amides is 1. The Morgan fingerprint density at radius 2 is 2.09 bits per heavy atom. The van der Waals surface area contributed by atoms with Crippen LogP contribution in [0.2, 0.25) is 0 Å². The standard InChI is InChI=1S/C18H25NO3/c1-4-5-6-7-13(17(21)22)12-8-9-15-14(10-12)18(2,3)11-16(20)19-15/h8-10,13H,4-7,11H2,1-3H3,(H,19,20)(H,21,22). The quantitative estimate of drug-likeness (QED) is 0.779. The van der Waals surface area contributed by atoms with Crippen molar-refractivity contribution in [3.05, 3.63) is 29.3 Å². The van der Waals surface area contributed by atoms with Crippen LogP contribution in [0.25, 0.3) is 0 Å². The lowest BCUT2D eigenvalue weighted by atomic mass is 9.76. The lowest BCUT2D eigenvalue weighted by Crippen LogP contribution is -2.32. The molecule has 0 aromatic heterocycles. The van der Waals surface area contributed by atoms with Crippen molar-refractivity contribution < 1.29 is 14.7 Å². The minimum atomic E-state index is -0.770. The van der Waals surface area contributed by atoms with Crippen LogP contribution in [0.4, 0.5) is 5.69 Å². The molecule has 1 heterocycles. The predicted molar refractivity (Wildman–Crippen MR) is 87.2 cm³/mol. The molecule has 0 bridgehead atoms. The van der Waals surface area contributed by atoms with E-state index in [9.17, 15) is 14.7 Å². The molecule has 2 rings (SSSR count). The van der Waals surface area contributed by atoms with Crippen molar-refractivity contribution in [3.8, 4) is 0 Å². The molecular weight excluding hydrogens is 278 g/mol. The molecule has 2 N–H and O–H groups in total. The Morgan fingerprint density at radius 3 is 2.73 bits per heavy atom. The number of hydrogen-bond acceptors (Lipinski definition) is 2. The van der Waals surface area contributed by atoms with E-state index in [0.717, 1.165) is 36.1 Å². The van der Waals surface area contributed by atoms with Gasteiger partial charge in [-0.2, -0.15) is 0 Å². The first-order valence-corrected chi connectivity index (χ1v) is 8.02. The number of hydrogen-bond donors (Lipinski definition) is 2. The second-order valence-electron chi connectivity index (χ2n) is 6.80. The van der Waals surface area contributed by atoms with Gasteiger partial charge < -0.3 is 10.4 Å². The number of unbranched alkanes of at least 4 members (excludes halogenated alkanes) is 2. The number of aliphatic carboxylic acids is 1. The lowest BCUT2D eigenvalue weighted by molar-refractivity contribution is -0.139. The first kappa shape index (κ1) is 16.5. The monoisotopic (exact) mass is 303 g/mol. The van der Waals surface area contributed by atoms with Crippen LogP contribution in [-0.2, 0) is 15.0 Å². The van der Waals surface area contributed by atoms with Gasteiger partial charge in [-0.3, -0.25) is 9.59 Å². The zero-order valence-corrected chi connectivity index (χ0v) is 13.6. The van der Waals surface area contributed by atoms with Crippen molar-refractivity contribution in [2.45, 2.75) is 64.2 Å². The molecule has 120 valence electrons. The smallest absolute Gasteiger partial charge is 0.310 e. The molecule has 0 spiro atoms. The SMILES string of the molecule is CCCCCC(C(=O)O)c1ccc2c(c1)C(C)(C)CC(=O)N2. The summed E-state index contributed by atoms with van der Waals surface area (Å²) < 4.78 is 0. The van der Waals surface area contributed by atoms with E-state index in [2.05, 4.69) is 12.2 Å². The van der Waals surface area contributed by atoms with Crippen LogP contribution in [0.15, 0.2) is 18.2 Å². The predicted octanol–water partition coefficient (Wildman–Crippen LogP) is 4.05. The van der Waals surface area contributed by atoms with Gasteiger partial charge in [0.2, 0.25) is 5.91 Å². The van der Waals surface area contributed by atoms with Crippen LogP contribution < -0.4 is 5.32 Å². The van der Waals surface area contributed by atoms with Crippen molar-refractivity contribution in [2.24, 2.45) is 0 Å². The van der Waals surface area contributed by atoms with Gasteiger partial charge in [0.25, 0.3) is 0 Å². The fourth-order valence-corrected chi connectivity index (χ4v) is 3.17. The van der Waals surface area contributed by atoms with Crippen LogP contribution in [0, 0.1) is 0 Å². The van der Waals surface area contributed by atoms with Crippen molar-refractivity contribution in [1.29, 1.82) is 0 Å². The first-order chi connectivity index (χ1) is 10.3. The van der Waals surface area contributed by atoms with Gasteiger partial charge >= 0.3 is 5.97 Å². The van der Waals surface area contributed by atoms with E-state index in [1.807, 2.05) is 32.0 Å². The van der Waals surface area contributed by atoms with Crippen molar-refractivity contribution in [1.82, 2.24) is 0 Å². The molecule has 0 saturated carbocycles. The molecule has 1 aromatic carbocycles. The Balaban J connectivity index is 2.32. The van der Waals surface area contributed by atoms with Gasteiger partial charge in [0.15, 0.2) is 0 Å². The normalized spacial score (nSPS) is 17.5. The number of fused-ring (bicyclic) bond motifs is 1. The largest absolute Gasteiger partial charge is 0.481 e. The molecular formula is C18H25NO3. The molecule has 1 aliphatic heterocycles. The summed E-state index contributed by atoms with van der Waals surface area (Å²) in [5.41, 5.74) is 2.42. The summed E-state index contributed by atoms with van der Waals surface area (Å²) in [6.45, 7) is 6.17. The van der Waals surface area contributed by atoms with Gasteiger partial charge in [-0.05, 0) is 23.6 Å². The maximum absolute atomic E-state index is 11.7. The Bertz CT molecular complexity index is 578. The molecule has 4 heteroatoms. The van der Waals surface area contributed by atoms with E-state index in [1.165, 1.54) is 0 Å². The Kier molecular flexibility index (Phi) is 4.89. The third-order valence-corrected chi connectivity index (χ3v) is 4.45. The number of carbonyl (C=O) groups is 2. The average molecular weight is 303 g/mol. The van der Waals surface area contributed by atoms with Crippen molar-refractivity contribution in [3.63, 3.8) is 0 Å². The topological polar surface area (TPSA) is 66.4 Å². The molecule has 0 fully saturated rings. The van der Waals surface area contributed by atoms with Gasteiger partial charge in [-0.15, -0.1) is 0 Å². The number of nitrogens with one attached hydrogen (secondary N) is 1. The number of benzene rings is 1. The molecule has 1 aromatic rings. The fourth-order valence-electron chi connectivity index (χ4n) is 3.17. The molecule has 0 aliphatic carbocycles. The zero-order chi connectivity index (χ0) is 16.3. The second kappa shape index (κ2) is 6.51. The van der Waals surface area contributed by atoms with Crippen LogP contribution in [-0.4, -0.2) is 17.0 Å². The van der Waals surface area contributed by atoms with Crippen LogP contribution in [0.5, 0.6) is 0 Å². The molecule has 1 unspecified atom stereocenters. The van der Waals surface area contributed by atoms with Crippen molar-refractivity contribution >= 4 is 17.6 Å². The summed E-state index contributed by atoms with van der Waals surface area (Å²) >= 11 is 0. The molecule has 1 amide bonds. The highest BCUT2D eigenvalue weighted by atomic mass is 16.4. The van der Waals surface area contributed by atoms with E-state index in [4.69, 9.17) is 0 Å². The molecule has 22 heavy (non-hydrogen) atoms. The van der Waals surface area contributed by atoms with Crippen LogP contribution in [0.1, 0.15) is 69.9 Å². The van der Waals surface area contributed by atoms with E-state index in [-0.39, 0.29) is 11.3 Å². The summed E-state index contributed by atoms with van der Waals surface area (Å²) in [7, 11) is 0. The van der Waals surface area contributed by atoms with E-state index in [1.54, 1.807) is 0 Å². The second-order valence-corrected chi connectivity index (χ2v) is 6.80. The third kappa shape index (κ3) is 3.49. The fraction of sp³-hybridized carbons (Fsp3) is 0.556. The maximum atomic E-state index is 11.7.